The van der Waals surface area contributed by atoms with Crippen molar-refractivity contribution in [1.82, 2.24) is 0 Å². The lowest BCUT2D eigenvalue weighted by Crippen LogP contribution is -2.45. The smallest absolute Gasteiger partial charge is 0.302 e. The van der Waals surface area contributed by atoms with E-state index < -0.39 is 8.32 Å². The van der Waals surface area contributed by atoms with Crippen molar-refractivity contribution in [2.24, 2.45) is 74.9 Å². The highest BCUT2D eigenvalue weighted by Crippen LogP contribution is 2.60. The summed E-state index contributed by atoms with van der Waals surface area (Å²) in [6, 6.07) is 0. The van der Waals surface area contributed by atoms with Crippen LogP contribution in [0.5, 0.6) is 0 Å². The Bertz CT molecular complexity index is 1880. The first-order valence-corrected chi connectivity index (χ1v) is 31.8. The Labute approximate surface area is 429 Å². The standard InChI is InChI=1S/C35H62OSi.C30H48O2/c1-25-22-28(24-30(23-25)36-37(11,12)34(7,8)9)17-18-29-14-13-21-35(10)31(19-20-32(29)35)26(2)15-16-27(3)33(4,5)6;1-21-18-24(20-27(19-21)32-23(3)31)13-14-25-11-9-17-30(7)26(15-16-28(25)30)12-8-10-22(2)29(4,5)6/h15-18,25-27,30-32H,13-14,19-24H2,1-12H3;8,10,13-14,21-22,26-28H,9,11-12,15-20H2,1-7H3/b16-15+,28-17-,29-18+;10-8+,24-13-,25-14+/t25-,26-,27+,30+,31-,32+,35-;21-,22+,26+,27+,28+,30-/m11/s1. The van der Waals surface area contributed by atoms with Crippen LogP contribution < -0.4 is 0 Å². The van der Waals surface area contributed by atoms with Crippen molar-refractivity contribution in [3.63, 3.8) is 0 Å². The van der Waals surface area contributed by atoms with E-state index in [1.807, 2.05) is 0 Å². The van der Waals surface area contributed by atoms with Crippen LogP contribution in [0.3, 0.4) is 0 Å². The van der Waals surface area contributed by atoms with E-state index in [1.165, 1.54) is 96.0 Å². The van der Waals surface area contributed by atoms with Gasteiger partial charge in [0.1, 0.15) is 6.10 Å². The van der Waals surface area contributed by atoms with E-state index in [-0.39, 0.29) is 17.1 Å². The molecule has 0 aromatic heterocycles. The highest BCUT2D eigenvalue weighted by Gasteiger charge is 2.51. The Morgan fingerprint density at radius 1 is 0.667 bits per heavy atom. The van der Waals surface area contributed by atoms with Crippen molar-refractivity contribution in [3.05, 3.63) is 70.9 Å². The van der Waals surface area contributed by atoms with Crippen LogP contribution in [0, 0.1) is 74.9 Å². The normalized spacial score (nSPS) is 36.4. The average Bonchev–Trinajstić information content (AvgIpc) is 3.76. The minimum Gasteiger partial charge on any atom is -0.462 e. The average molecular weight is 968 g/mol. The quantitative estimate of drug-likeness (QED) is 0.118. The maximum atomic E-state index is 11.4. The number of ether oxygens (including phenoxy) is 1. The van der Waals surface area contributed by atoms with Gasteiger partial charge in [0, 0.05) is 19.4 Å². The fourth-order valence-corrected chi connectivity index (χ4v) is 15.4. The molecule has 392 valence electrons. The van der Waals surface area contributed by atoms with E-state index in [0.717, 1.165) is 55.3 Å². The van der Waals surface area contributed by atoms with Crippen molar-refractivity contribution < 1.29 is 14.0 Å². The number of carbonyl (C=O) groups excluding carboxylic acids is 1. The monoisotopic (exact) mass is 967 g/mol. The lowest BCUT2D eigenvalue weighted by molar-refractivity contribution is -0.147. The molecule has 0 bridgehead atoms. The highest BCUT2D eigenvalue weighted by molar-refractivity contribution is 6.74. The summed E-state index contributed by atoms with van der Waals surface area (Å²) in [5.41, 5.74) is 8.14. The zero-order valence-electron chi connectivity index (χ0n) is 48.7. The molecule has 69 heavy (non-hydrogen) atoms. The molecule has 0 aromatic rings. The van der Waals surface area contributed by atoms with Crippen LogP contribution in [0.1, 0.15) is 227 Å². The second-order valence-electron chi connectivity index (χ2n) is 28.9. The van der Waals surface area contributed by atoms with Crippen LogP contribution >= 0.6 is 0 Å². The Morgan fingerprint density at radius 3 is 1.70 bits per heavy atom. The van der Waals surface area contributed by atoms with Crippen LogP contribution in [0.2, 0.25) is 18.1 Å². The number of rotatable bonds is 11. The summed E-state index contributed by atoms with van der Waals surface area (Å²) in [6.07, 6.45) is 41.9. The summed E-state index contributed by atoms with van der Waals surface area (Å²) in [4.78, 5) is 11.4. The van der Waals surface area contributed by atoms with Gasteiger partial charge in [-0.25, -0.2) is 0 Å². The highest BCUT2D eigenvalue weighted by atomic mass is 28.4. The van der Waals surface area contributed by atoms with Gasteiger partial charge in [0.25, 0.3) is 0 Å². The predicted octanol–water partition coefficient (Wildman–Crippen LogP) is 19.6. The molecule has 0 spiro atoms. The van der Waals surface area contributed by atoms with Gasteiger partial charge in [-0.2, -0.15) is 0 Å². The third-order valence-electron chi connectivity index (χ3n) is 20.3. The number of esters is 1. The first-order chi connectivity index (χ1) is 31.9. The van der Waals surface area contributed by atoms with Gasteiger partial charge in [0.2, 0.25) is 0 Å². The molecule has 6 rings (SSSR count). The summed E-state index contributed by atoms with van der Waals surface area (Å²) < 4.78 is 12.4. The van der Waals surface area contributed by atoms with Crippen LogP contribution in [-0.4, -0.2) is 26.5 Å². The molecule has 6 fully saturated rings. The summed E-state index contributed by atoms with van der Waals surface area (Å²) in [7, 11) is -1.73. The summed E-state index contributed by atoms with van der Waals surface area (Å²) >= 11 is 0. The van der Waals surface area contributed by atoms with Gasteiger partial charge in [0.15, 0.2) is 8.32 Å². The summed E-state index contributed by atoms with van der Waals surface area (Å²) in [6.45, 7) is 44.7. The van der Waals surface area contributed by atoms with Crippen LogP contribution in [0.15, 0.2) is 70.9 Å². The van der Waals surface area contributed by atoms with Gasteiger partial charge in [-0.1, -0.05) is 182 Å². The van der Waals surface area contributed by atoms with Gasteiger partial charge >= 0.3 is 5.97 Å². The largest absolute Gasteiger partial charge is 0.462 e. The van der Waals surface area contributed by atoms with E-state index in [2.05, 4.69) is 172 Å². The summed E-state index contributed by atoms with van der Waals surface area (Å²) in [5, 5.41) is 0.280. The number of fused-ring (bicyclic) bond motifs is 2. The molecule has 0 N–H and O–H groups in total. The molecule has 0 aliphatic heterocycles. The molecule has 3 nitrogen and oxygen atoms in total. The first kappa shape index (κ1) is 58.0. The third kappa shape index (κ3) is 15.3. The molecule has 0 saturated heterocycles. The maximum Gasteiger partial charge on any atom is 0.302 e. The Kier molecular flexibility index (Phi) is 19.8. The zero-order valence-corrected chi connectivity index (χ0v) is 49.7. The SMILES string of the molecule is CC(=O)O[C@@H]1C/C(=C\C=C2/CCC[C@]3(C)[C@@H](C/C=C/[C@H](C)C(C)(C)C)CC[C@@H]23)C[C@@H](C)C1.C[C@@H]1C/C(=C/C=C2\CCC[C@]3(C)[C@@H]([C@H](C)/C=C/[C@H](C)C(C)(C)C)CC[C@@H]23)C[C@@H](O[Si](C)(C)C(C)(C)C)C1. The second kappa shape index (κ2) is 23.5. The molecule has 0 heterocycles. The fraction of sp³-hybridized carbons (Fsp3) is 0.800. The molecule has 0 unspecified atom stereocenters. The molecule has 6 aliphatic carbocycles. The second-order valence-corrected chi connectivity index (χ2v) is 33.6. The van der Waals surface area contributed by atoms with E-state index >= 15 is 0 Å². The molecule has 0 radical (unpaired) electrons. The van der Waals surface area contributed by atoms with E-state index in [4.69, 9.17) is 9.16 Å². The van der Waals surface area contributed by atoms with Gasteiger partial charge < -0.3 is 9.16 Å². The van der Waals surface area contributed by atoms with Crippen LogP contribution in [-0.2, 0) is 14.0 Å². The van der Waals surface area contributed by atoms with Crippen LogP contribution in [0.4, 0.5) is 0 Å². The van der Waals surface area contributed by atoms with Crippen molar-refractivity contribution in [3.8, 4) is 0 Å². The molecular weight excluding hydrogens is 857 g/mol. The van der Waals surface area contributed by atoms with Crippen molar-refractivity contribution >= 4 is 14.3 Å². The Balaban J connectivity index is 0.000000260. The topological polar surface area (TPSA) is 35.5 Å². The molecule has 6 saturated carbocycles. The van der Waals surface area contributed by atoms with Gasteiger partial charge in [-0.15, -0.1) is 0 Å². The molecule has 6 aliphatic rings. The van der Waals surface area contributed by atoms with Gasteiger partial charge in [-0.3, -0.25) is 4.79 Å². The van der Waals surface area contributed by atoms with E-state index in [0.29, 0.717) is 51.4 Å². The Hall–Kier alpha value is -1.91. The Morgan fingerprint density at radius 2 is 1.16 bits per heavy atom. The van der Waals surface area contributed by atoms with Gasteiger partial charge in [-0.05, 0) is 196 Å². The van der Waals surface area contributed by atoms with Gasteiger partial charge in [0.05, 0.1) is 0 Å². The predicted molar refractivity (Wildman–Crippen MR) is 302 cm³/mol. The fourth-order valence-electron chi connectivity index (χ4n) is 14.0. The summed E-state index contributed by atoms with van der Waals surface area (Å²) in [5.74, 6) is 6.24. The van der Waals surface area contributed by atoms with E-state index in [9.17, 15) is 4.79 Å². The van der Waals surface area contributed by atoms with Crippen molar-refractivity contribution in [1.29, 1.82) is 0 Å². The zero-order chi connectivity index (χ0) is 51.3. The van der Waals surface area contributed by atoms with Crippen molar-refractivity contribution in [2.75, 3.05) is 0 Å². The molecule has 0 amide bonds. The van der Waals surface area contributed by atoms with Crippen LogP contribution in [0.25, 0.3) is 0 Å². The molecule has 0 aromatic carbocycles. The molecular formula is C65H110O3Si. The lowest BCUT2D eigenvalue weighted by atomic mass is 9.61. The lowest BCUT2D eigenvalue weighted by Gasteiger charge is -2.44. The maximum absolute atomic E-state index is 11.4. The molecule has 4 heteroatoms. The number of hydrogen-bond donors (Lipinski definition) is 0. The minimum absolute atomic E-state index is 0.0654. The minimum atomic E-state index is -1.73. The number of carbonyl (C=O) groups is 1. The first-order valence-electron chi connectivity index (χ1n) is 28.9. The van der Waals surface area contributed by atoms with Crippen molar-refractivity contribution in [2.45, 2.75) is 257 Å². The molecule has 13 atom stereocenters. The van der Waals surface area contributed by atoms with E-state index in [1.54, 1.807) is 16.7 Å². The number of allylic oxidation sites excluding steroid dienone is 10. The number of hydrogen-bond acceptors (Lipinski definition) is 3. The third-order valence-corrected chi connectivity index (χ3v) is 24.8.